The molecule has 0 N–H and O–H groups in total. The van der Waals surface area contributed by atoms with Gasteiger partial charge < -0.3 is 13.7 Å². The molecule has 0 saturated carbocycles. The van der Waals surface area contributed by atoms with Crippen molar-refractivity contribution in [2.24, 2.45) is 9.98 Å². The van der Waals surface area contributed by atoms with Crippen molar-refractivity contribution >= 4 is 87.9 Å². The lowest BCUT2D eigenvalue weighted by Crippen LogP contribution is -2.35. The molecule has 57 heavy (non-hydrogen) atoms. The van der Waals surface area contributed by atoms with Gasteiger partial charge in [0.1, 0.15) is 28.2 Å². The van der Waals surface area contributed by atoms with Crippen LogP contribution in [0.2, 0.25) is 0 Å². The number of hydrogen-bond acceptors (Lipinski definition) is 5. The van der Waals surface area contributed by atoms with E-state index in [1.165, 1.54) is 32.3 Å². The van der Waals surface area contributed by atoms with Crippen LogP contribution in [0, 0.1) is 0 Å². The van der Waals surface area contributed by atoms with Crippen LogP contribution in [0.3, 0.4) is 0 Å². The number of rotatable bonds is 4. The highest BCUT2D eigenvalue weighted by atomic mass is 16.3. The van der Waals surface area contributed by atoms with E-state index in [1.54, 1.807) is 0 Å². The first-order chi connectivity index (χ1) is 28.2. The van der Waals surface area contributed by atoms with E-state index in [4.69, 9.17) is 18.8 Å². The van der Waals surface area contributed by atoms with Crippen LogP contribution in [0.5, 0.6) is 0 Å². The molecule has 0 amide bonds. The Morgan fingerprint density at radius 3 is 1.98 bits per heavy atom. The summed E-state index contributed by atoms with van der Waals surface area (Å²) in [5.41, 5.74) is 8.50. The molecule has 2 aromatic heterocycles. The first kappa shape index (κ1) is 31.8. The average Bonchev–Trinajstić information content (AvgIpc) is 3.85. The molecule has 12 rings (SSSR count). The maximum Gasteiger partial charge on any atom is 0.160 e. The highest BCUT2D eigenvalue weighted by molar-refractivity contribution is 6.24. The Morgan fingerprint density at radius 1 is 0.456 bits per heavy atom. The maximum atomic E-state index is 6.83. The summed E-state index contributed by atoms with van der Waals surface area (Å²) in [5, 5.41) is 11.4. The minimum absolute atomic E-state index is 0.346. The molecule has 0 fully saturated rings. The van der Waals surface area contributed by atoms with E-state index in [-0.39, 0.29) is 6.17 Å². The van der Waals surface area contributed by atoms with Crippen LogP contribution in [0.25, 0.3) is 87.3 Å². The normalized spacial score (nSPS) is 14.8. The quantitative estimate of drug-likeness (QED) is 0.169. The van der Waals surface area contributed by atoms with Gasteiger partial charge in [-0.25, -0.2) is 9.98 Å². The highest BCUT2D eigenvalue weighted by Gasteiger charge is 2.30. The van der Waals surface area contributed by atoms with Crippen molar-refractivity contribution in [1.29, 1.82) is 0 Å². The van der Waals surface area contributed by atoms with Gasteiger partial charge in [0.05, 0.1) is 0 Å². The number of para-hydroxylation sites is 1. The zero-order chi connectivity index (χ0) is 37.6. The summed E-state index contributed by atoms with van der Waals surface area (Å²) in [7, 11) is 2.10. The van der Waals surface area contributed by atoms with Crippen molar-refractivity contribution < 1.29 is 8.83 Å². The first-order valence-corrected chi connectivity index (χ1v) is 19.3. The molecular formula is C52H33N3O2. The van der Waals surface area contributed by atoms with Gasteiger partial charge in [0, 0.05) is 50.8 Å². The number of furan rings is 2. The van der Waals surface area contributed by atoms with E-state index in [0.29, 0.717) is 5.84 Å². The lowest BCUT2D eigenvalue weighted by Gasteiger charge is -2.33. The average molecular weight is 732 g/mol. The summed E-state index contributed by atoms with van der Waals surface area (Å²) in [6.07, 6.45) is -0.346. The van der Waals surface area contributed by atoms with Crippen LogP contribution in [0.15, 0.2) is 195 Å². The Hall–Kier alpha value is -7.50. The molecule has 0 saturated heterocycles. The molecule has 1 unspecified atom stereocenters. The number of aliphatic imine (C=N–C) groups is 2. The Kier molecular flexibility index (Phi) is 6.84. The minimum atomic E-state index is -0.346. The number of fused-ring (bicyclic) bond motifs is 11. The largest absolute Gasteiger partial charge is 0.456 e. The summed E-state index contributed by atoms with van der Waals surface area (Å²) in [6, 6.07) is 61.8. The maximum absolute atomic E-state index is 6.83. The molecule has 0 radical (unpaired) electrons. The van der Waals surface area contributed by atoms with Gasteiger partial charge in [0.15, 0.2) is 12.0 Å². The minimum Gasteiger partial charge on any atom is -0.456 e. The lowest BCUT2D eigenvalue weighted by atomic mass is 9.94. The SMILES string of the molecule is CN1C(c2ccccc2)=NC(c2ccc(-c3ccc4oc5ccc6ccccc6c5c4c3)c3oc4ccccc4c23)=NC1c1cc2ccccc2c2ccccc12. The molecule has 0 bridgehead atoms. The summed E-state index contributed by atoms with van der Waals surface area (Å²) < 4.78 is 13.2. The second kappa shape index (κ2) is 12.3. The van der Waals surface area contributed by atoms with Gasteiger partial charge >= 0.3 is 0 Å². The molecule has 1 aliphatic rings. The summed E-state index contributed by atoms with van der Waals surface area (Å²) in [6.45, 7) is 0. The van der Waals surface area contributed by atoms with Gasteiger partial charge in [0.2, 0.25) is 0 Å². The first-order valence-electron chi connectivity index (χ1n) is 19.3. The van der Waals surface area contributed by atoms with Crippen molar-refractivity contribution in [3.63, 3.8) is 0 Å². The number of benzene rings is 9. The van der Waals surface area contributed by atoms with Crippen LogP contribution in [-0.2, 0) is 0 Å². The van der Waals surface area contributed by atoms with Crippen LogP contribution >= 0.6 is 0 Å². The molecule has 1 aliphatic heterocycles. The molecule has 5 heteroatoms. The van der Waals surface area contributed by atoms with E-state index in [2.05, 4.69) is 170 Å². The van der Waals surface area contributed by atoms with Gasteiger partial charge in [-0.15, -0.1) is 0 Å². The fourth-order valence-corrected chi connectivity index (χ4v) is 9.04. The Balaban J connectivity index is 1.11. The van der Waals surface area contributed by atoms with Gasteiger partial charge in [-0.05, 0) is 80.3 Å². The van der Waals surface area contributed by atoms with E-state index in [0.717, 1.165) is 77.5 Å². The van der Waals surface area contributed by atoms with Gasteiger partial charge in [0.25, 0.3) is 0 Å². The summed E-state index contributed by atoms with van der Waals surface area (Å²) >= 11 is 0. The number of nitrogens with zero attached hydrogens (tertiary/aromatic N) is 3. The Labute approximate surface area is 327 Å². The lowest BCUT2D eigenvalue weighted by molar-refractivity contribution is 0.385. The molecule has 11 aromatic rings. The predicted octanol–water partition coefficient (Wildman–Crippen LogP) is 13.4. The van der Waals surface area contributed by atoms with Crippen molar-refractivity contribution in [3.8, 4) is 11.1 Å². The van der Waals surface area contributed by atoms with E-state index < -0.39 is 0 Å². The zero-order valence-electron chi connectivity index (χ0n) is 31.0. The zero-order valence-corrected chi connectivity index (χ0v) is 31.0. The van der Waals surface area contributed by atoms with Gasteiger partial charge in [-0.2, -0.15) is 0 Å². The Bertz CT molecular complexity index is 3500. The highest BCUT2D eigenvalue weighted by Crippen LogP contribution is 2.43. The fraction of sp³-hybridized carbons (Fsp3) is 0.0385. The monoisotopic (exact) mass is 731 g/mol. The molecule has 9 aromatic carbocycles. The van der Waals surface area contributed by atoms with Crippen LogP contribution < -0.4 is 0 Å². The van der Waals surface area contributed by atoms with Crippen molar-refractivity contribution in [2.75, 3.05) is 7.05 Å². The van der Waals surface area contributed by atoms with E-state index in [9.17, 15) is 0 Å². The predicted molar refractivity (Wildman–Crippen MR) is 235 cm³/mol. The van der Waals surface area contributed by atoms with Crippen LogP contribution in [0.1, 0.15) is 22.9 Å². The van der Waals surface area contributed by atoms with Crippen molar-refractivity contribution in [3.05, 3.63) is 193 Å². The third-order valence-corrected chi connectivity index (χ3v) is 11.7. The second-order valence-electron chi connectivity index (χ2n) is 14.9. The topological polar surface area (TPSA) is 54.2 Å². The summed E-state index contributed by atoms with van der Waals surface area (Å²) in [4.78, 5) is 13.2. The molecule has 1 atom stereocenters. The van der Waals surface area contributed by atoms with E-state index >= 15 is 0 Å². The standard InChI is InChI=1S/C52H33N3O2/c1-55-51(32-14-3-2-4-15-32)53-50(54-52(55)42-29-33-16-6-7-17-35(33)38-19-9-10-20-39(38)42)41-26-25-37(49-48(41)40-21-11-12-22-44(40)57-49)34-24-27-45-43(30-34)47-36-18-8-5-13-31(36)23-28-46(47)56-45/h2-30,52H,1H3. The smallest absolute Gasteiger partial charge is 0.160 e. The molecule has 5 nitrogen and oxygen atoms in total. The van der Waals surface area contributed by atoms with Crippen molar-refractivity contribution in [2.45, 2.75) is 6.17 Å². The van der Waals surface area contributed by atoms with Gasteiger partial charge in [-0.1, -0.05) is 133 Å². The van der Waals surface area contributed by atoms with Crippen LogP contribution in [-0.4, -0.2) is 23.6 Å². The second-order valence-corrected chi connectivity index (χ2v) is 14.9. The van der Waals surface area contributed by atoms with Crippen LogP contribution in [0.4, 0.5) is 0 Å². The molecule has 0 aliphatic carbocycles. The molecule has 268 valence electrons. The molecule has 3 heterocycles. The third-order valence-electron chi connectivity index (χ3n) is 11.7. The van der Waals surface area contributed by atoms with Crippen molar-refractivity contribution in [1.82, 2.24) is 4.90 Å². The third kappa shape index (κ3) is 4.82. The number of hydrogen-bond donors (Lipinski definition) is 0. The molecular weight excluding hydrogens is 699 g/mol. The van der Waals surface area contributed by atoms with Gasteiger partial charge in [-0.3, -0.25) is 0 Å². The Morgan fingerprint density at radius 2 is 1.12 bits per heavy atom. The number of amidine groups is 2. The fourth-order valence-electron chi connectivity index (χ4n) is 9.04. The summed E-state index contributed by atoms with van der Waals surface area (Å²) in [5.74, 6) is 1.53. The molecule has 0 spiro atoms. The van der Waals surface area contributed by atoms with E-state index in [1.807, 2.05) is 18.2 Å².